The van der Waals surface area contributed by atoms with Crippen molar-refractivity contribution in [3.63, 3.8) is 0 Å². The van der Waals surface area contributed by atoms with E-state index in [9.17, 15) is 4.79 Å². The number of nitrogens with zero attached hydrogens (tertiary/aromatic N) is 2. The lowest BCUT2D eigenvalue weighted by Crippen LogP contribution is -2.10. The summed E-state index contributed by atoms with van der Waals surface area (Å²) in [5, 5.41) is 0.856. The highest BCUT2D eigenvalue weighted by molar-refractivity contribution is 6.50. The van der Waals surface area contributed by atoms with Gasteiger partial charge < -0.3 is 9.97 Å². The molecule has 6 heteroatoms. The minimum atomic E-state index is -0.221. The van der Waals surface area contributed by atoms with Crippen molar-refractivity contribution in [1.82, 2.24) is 19.9 Å². The summed E-state index contributed by atoms with van der Waals surface area (Å²) in [5.41, 5.74) is 2.08. The fourth-order valence-electron chi connectivity index (χ4n) is 2.56. The van der Waals surface area contributed by atoms with Gasteiger partial charge in [0.05, 0.1) is 27.8 Å². The number of benzene rings is 2. The lowest BCUT2D eigenvalue weighted by Gasteiger charge is -2.01. The van der Waals surface area contributed by atoms with Crippen molar-refractivity contribution in [2.24, 2.45) is 0 Å². The van der Waals surface area contributed by atoms with E-state index in [1.54, 1.807) is 30.5 Å². The van der Waals surface area contributed by atoms with Gasteiger partial charge in [0, 0.05) is 5.56 Å². The zero-order chi connectivity index (χ0) is 17.2. The summed E-state index contributed by atoms with van der Waals surface area (Å²) in [6, 6.07) is 16.9. The maximum absolute atomic E-state index is 12.1. The molecule has 0 atom stereocenters. The van der Waals surface area contributed by atoms with Crippen LogP contribution in [0.25, 0.3) is 33.4 Å². The van der Waals surface area contributed by atoms with E-state index in [0.29, 0.717) is 21.8 Å². The lowest BCUT2D eigenvalue weighted by atomic mass is 10.2. The minimum Gasteiger partial charge on any atom is -0.338 e. The Morgan fingerprint density at radius 3 is 2.60 bits per heavy atom. The second-order valence-corrected chi connectivity index (χ2v) is 5.88. The molecule has 0 saturated carbocycles. The summed E-state index contributed by atoms with van der Waals surface area (Å²) in [5.74, 6) is 1.07. The number of hydrogen-bond donors (Lipinski definition) is 2. The molecular weight excluding hydrogens is 336 g/mol. The molecule has 2 aromatic heterocycles. The van der Waals surface area contributed by atoms with Crippen LogP contribution in [0, 0.1) is 0 Å². The number of nitrogens with one attached hydrogen (secondary N) is 2. The summed E-state index contributed by atoms with van der Waals surface area (Å²) < 4.78 is 0. The second kappa shape index (κ2) is 6.37. The number of halogens is 1. The highest BCUT2D eigenvalue weighted by atomic mass is 35.5. The van der Waals surface area contributed by atoms with E-state index in [1.807, 2.05) is 36.4 Å². The van der Waals surface area contributed by atoms with Crippen LogP contribution in [0.3, 0.4) is 0 Å². The molecule has 0 spiro atoms. The van der Waals surface area contributed by atoms with Crippen LogP contribution >= 0.6 is 11.6 Å². The molecule has 4 rings (SSSR count). The van der Waals surface area contributed by atoms with Crippen LogP contribution in [0.2, 0.25) is 0 Å². The summed E-state index contributed by atoms with van der Waals surface area (Å²) >= 11 is 6.35. The van der Waals surface area contributed by atoms with Crippen LogP contribution < -0.4 is 5.56 Å². The molecule has 2 aromatic carbocycles. The number of hydrogen-bond acceptors (Lipinski definition) is 3. The third kappa shape index (κ3) is 3.09. The first-order valence-electron chi connectivity index (χ1n) is 7.68. The van der Waals surface area contributed by atoms with E-state index in [2.05, 4.69) is 19.9 Å². The Balaban J connectivity index is 1.70. The third-order valence-corrected chi connectivity index (χ3v) is 4.05. The third-order valence-electron chi connectivity index (χ3n) is 3.76. The Morgan fingerprint density at radius 2 is 1.76 bits per heavy atom. The van der Waals surface area contributed by atoms with Crippen molar-refractivity contribution < 1.29 is 0 Å². The maximum atomic E-state index is 12.1. The quantitative estimate of drug-likeness (QED) is 0.586. The second-order valence-electron chi connectivity index (χ2n) is 5.48. The van der Waals surface area contributed by atoms with Gasteiger partial charge in [-0.25, -0.2) is 9.97 Å². The van der Waals surface area contributed by atoms with E-state index in [0.717, 1.165) is 17.1 Å². The van der Waals surface area contributed by atoms with Gasteiger partial charge in [-0.15, -0.1) is 0 Å². The standard InChI is InChI=1S/C19H13ClN4O/c20-15(18-23-16-9-5-4-8-14(16)19(25)24-18)10-13-11-21-17(22-13)12-6-2-1-3-7-12/h1-11H,(H,21,22)(H,23,24,25)/b15-10-. The van der Waals surface area contributed by atoms with Crippen LogP contribution in [0.1, 0.15) is 11.5 Å². The molecule has 0 amide bonds. The van der Waals surface area contributed by atoms with Gasteiger partial charge in [0.1, 0.15) is 5.82 Å². The van der Waals surface area contributed by atoms with Gasteiger partial charge in [-0.05, 0) is 18.2 Å². The van der Waals surface area contributed by atoms with Crippen molar-refractivity contribution in [3.05, 3.63) is 82.7 Å². The number of aromatic nitrogens is 4. The van der Waals surface area contributed by atoms with E-state index >= 15 is 0 Å². The topological polar surface area (TPSA) is 74.4 Å². The van der Waals surface area contributed by atoms with Gasteiger partial charge in [-0.3, -0.25) is 4.79 Å². The number of rotatable bonds is 3. The molecule has 4 aromatic rings. The molecule has 0 bridgehead atoms. The predicted octanol–water partition coefficient (Wildman–Crippen LogP) is 4.05. The zero-order valence-corrected chi connectivity index (χ0v) is 13.8. The zero-order valence-electron chi connectivity index (χ0n) is 13.0. The SMILES string of the molecule is O=c1[nH]c(/C(Cl)=C/c2cnc(-c3ccccc3)[nH]2)nc2ccccc12. The number of fused-ring (bicyclic) bond motifs is 1. The summed E-state index contributed by atoms with van der Waals surface area (Å²) in [6.45, 7) is 0. The van der Waals surface area contributed by atoms with Gasteiger partial charge in [0.25, 0.3) is 5.56 Å². The highest BCUT2D eigenvalue weighted by Crippen LogP contribution is 2.21. The fourth-order valence-corrected chi connectivity index (χ4v) is 2.76. The molecule has 2 heterocycles. The molecule has 2 N–H and O–H groups in total. The van der Waals surface area contributed by atoms with Gasteiger partial charge >= 0.3 is 0 Å². The average molecular weight is 349 g/mol. The molecule has 5 nitrogen and oxygen atoms in total. The lowest BCUT2D eigenvalue weighted by molar-refractivity contribution is 1.13. The molecule has 0 saturated heterocycles. The Kier molecular flexibility index (Phi) is 3.91. The van der Waals surface area contributed by atoms with E-state index < -0.39 is 0 Å². The predicted molar refractivity (Wildman–Crippen MR) is 100 cm³/mol. The first-order chi connectivity index (χ1) is 12.2. The highest BCUT2D eigenvalue weighted by Gasteiger charge is 2.08. The van der Waals surface area contributed by atoms with Crippen LogP contribution in [-0.2, 0) is 0 Å². The van der Waals surface area contributed by atoms with Crippen molar-refractivity contribution in [2.75, 3.05) is 0 Å². The Hall–Kier alpha value is -3.18. The number of para-hydroxylation sites is 1. The fraction of sp³-hybridized carbons (Fsp3) is 0. The summed E-state index contributed by atoms with van der Waals surface area (Å²) in [7, 11) is 0. The Morgan fingerprint density at radius 1 is 1.00 bits per heavy atom. The molecule has 25 heavy (non-hydrogen) atoms. The molecular formula is C19H13ClN4O. The maximum Gasteiger partial charge on any atom is 0.259 e. The monoisotopic (exact) mass is 348 g/mol. The molecule has 122 valence electrons. The molecule has 0 aliphatic carbocycles. The van der Waals surface area contributed by atoms with Crippen molar-refractivity contribution in [3.8, 4) is 11.4 Å². The molecule has 0 unspecified atom stereocenters. The molecule has 0 aliphatic rings. The van der Waals surface area contributed by atoms with Gasteiger partial charge in [0.15, 0.2) is 5.82 Å². The van der Waals surface area contributed by atoms with Crippen LogP contribution in [0.5, 0.6) is 0 Å². The summed E-state index contributed by atoms with van der Waals surface area (Å²) in [6.07, 6.45) is 3.37. The smallest absolute Gasteiger partial charge is 0.259 e. The Labute approximate surface area is 148 Å². The van der Waals surface area contributed by atoms with E-state index in [-0.39, 0.29) is 5.56 Å². The first-order valence-corrected chi connectivity index (χ1v) is 8.05. The van der Waals surface area contributed by atoms with Gasteiger partial charge in [-0.2, -0.15) is 0 Å². The first kappa shape index (κ1) is 15.4. The van der Waals surface area contributed by atoms with E-state index in [4.69, 9.17) is 11.6 Å². The number of imidazole rings is 1. The molecule has 0 fully saturated rings. The Bertz CT molecular complexity index is 1130. The molecule has 0 radical (unpaired) electrons. The van der Waals surface area contributed by atoms with Crippen LogP contribution in [0.4, 0.5) is 0 Å². The normalized spacial score (nSPS) is 11.8. The van der Waals surface area contributed by atoms with Crippen molar-refractivity contribution >= 4 is 33.6 Å². The largest absolute Gasteiger partial charge is 0.338 e. The van der Waals surface area contributed by atoms with Crippen LogP contribution in [-0.4, -0.2) is 19.9 Å². The van der Waals surface area contributed by atoms with E-state index in [1.165, 1.54) is 0 Å². The average Bonchev–Trinajstić information content (AvgIpc) is 3.11. The van der Waals surface area contributed by atoms with Crippen molar-refractivity contribution in [2.45, 2.75) is 0 Å². The minimum absolute atomic E-state index is 0.221. The number of aromatic amines is 2. The van der Waals surface area contributed by atoms with Crippen molar-refractivity contribution in [1.29, 1.82) is 0 Å². The molecule has 0 aliphatic heterocycles. The van der Waals surface area contributed by atoms with Crippen LogP contribution in [0.15, 0.2) is 65.6 Å². The summed E-state index contributed by atoms with van der Waals surface area (Å²) in [4.78, 5) is 26.8. The van der Waals surface area contributed by atoms with Gasteiger partial charge in [-0.1, -0.05) is 54.1 Å². The van der Waals surface area contributed by atoms with Gasteiger partial charge in [0.2, 0.25) is 0 Å². The number of H-pyrrole nitrogens is 2.